The third kappa shape index (κ3) is 1.88. The summed E-state index contributed by atoms with van der Waals surface area (Å²) in [6, 6.07) is 6.60. The summed E-state index contributed by atoms with van der Waals surface area (Å²) in [5, 5.41) is 8.96. The lowest BCUT2D eigenvalue weighted by Crippen LogP contribution is -2.33. The molecule has 2 N–H and O–H groups in total. The number of hydrogen-bond donors (Lipinski definition) is 2. The highest BCUT2D eigenvalue weighted by Crippen LogP contribution is 2.33. The number of hydrogen-bond acceptors (Lipinski definition) is 3. The standard InChI is InChI=1S/C11H14FNO2/c1-11(6-8(7-14)15-13-11)9-4-2-3-5-10(9)12/h2-5,8,13-14H,6-7H2,1H3/t8-,11-/m0/s1. The van der Waals surface area contributed by atoms with E-state index in [2.05, 4.69) is 5.48 Å². The van der Waals surface area contributed by atoms with Gasteiger partial charge in [-0.1, -0.05) is 18.2 Å². The summed E-state index contributed by atoms with van der Waals surface area (Å²) >= 11 is 0. The molecule has 0 spiro atoms. The average Bonchev–Trinajstić information content (AvgIpc) is 2.62. The van der Waals surface area contributed by atoms with E-state index >= 15 is 0 Å². The van der Waals surface area contributed by atoms with Crippen molar-refractivity contribution in [2.45, 2.75) is 25.0 Å². The lowest BCUT2D eigenvalue weighted by Gasteiger charge is -2.23. The van der Waals surface area contributed by atoms with E-state index in [-0.39, 0.29) is 18.5 Å². The maximum absolute atomic E-state index is 13.6. The second-order valence-electron chi connectivity index (χ2n) is 4.04. The van der Waals surface area contributed by atoms with Crippen LogP contribution in [-0.4, -0.2) is 17.8 Å². The van der Waals surface area contributed by atoms with Gasteiger partial charge in [0.25, 0.3) is 0 Å². The Hall–Kier alpha value is -0.970. The molecule has 1 fully saturated rings. The molecule has 82 valence electrons. The molecule has 0 saturated carbocycles. The molecular formula is C11H14FNO2. The van der Waals surface area contributed by atoms with E-state index in [4.69, 9.17) is 9.94 Å². The van der Waals surface area contributed by atoms with Crippen molar-refractivity contribution < 1.29 is 14.3 Å². The molecule has 0 unspecified atom stereocenters. The largest absolute Gasteiger partial charge is 0.394 e. The number of rotatable bonds is 2. The molecule has 1 aromatic carbocycles. The van der Waals surface area contributed by atoms with Crippen LogP contribution in [0, 0.1) is 5.82 Å². The Labute approximate surface area is 87.8 Å². The second-order valence-corrected chi connectivity index (χ2v) is 4.04. The van der Waals surface area contributed by atoms with Crippen molar-refractivity contribution >= 4 is 0 Å². The quantitative estimate of drug-likeness (QED) is 0.775. The van der Waals surface area contributed by atoms with Gasteiger partial charge < -0.3 is 5.11 Å². The number of benzene rings is 1. The van der Waals surface area contributed by atoms with Crippen molar-refractivity contribution in [2.75, 3.05) is 6.61 Å². The van der Waals surface area contributed by atoms with Crippen LogP contribution in [0.2, 0.25) is 0 Å². The highest BCUT2D eigenvalue weighted by atomic mass is 19.1. The van der Waals surface area contributed by atoms with E-state index in [1.807, 2.05) is 6.92 Å². The van der Waals surface area contributed by atoms with Gasteiger partial charge in [0.15, 0.2) is 0 Å². The summed E-state index contributed by atoms with van der Waals surface area (Å²) in [6.45, 7) is 1.80. The molecule has 1 heterocycles. The Morgan fingerprint density at radius 2 is 2.33 bits per heavy atom. The molecule has 1 aliphatic heterocycles. The van der Waals surface area contributed by atoms with Gasteiger partial charge in [-0.25, -0.2) is 4.39 Å². The molecule has 1 saturated heterocycles. The minimum Gasteiger partial charge on any atom is -0.394 e. The van der Waals surface area contributed by atoms with Gasteiger partial charge in [-0.3, -0.25) is 4.84 Å². The average molecular weight is 211 g/mol. The van der Waals surface area contributed by atoms with Crippen LogP contribution in [0.5, 0.6) is 0 Å². The Balaban J connectivity index is 2.27. The van der Waals surface area contributed by atoms with Crippen molar-refractivity contribution in [3.63, 3.8) is 0 Å². The zero-order chi connectivity index (χ0) is 10.9. The Kier molecular flexibility index (Phi) is 2.73. The SMILES string of the molecule is C[C@@]1(c2ccccc2F)C[C@@H](CO)ON1. The van der Waals surface area contributed by atoms with Crippen molar-refractivity contribution in [2.24, 2.45) is 0 Å². The zero-order valence-corrected chi connectivity index (χ0v) is 8.53. The molecule has 0 bridgehead atoms. The Morgan fingerprint density at radius 3 is 2.93 bits per heavy atom. The molecule has 0 radical (unpaired) electrons. The molecule has 1 aliphatic rings. The highest BCUT2D eigenvalue weighted by molar-refractivity contribution is 5.26. The predicted octanol–water partition coefficient (Wildman–Crippen LogP) is 1.33. The fraction of sp³-hybridized carbons (Fsp3) is 0.455. The van der Waals surface area contributed by atoms with E-state index in [1.165, 1.54) is 6.07 Å². The van der Waals surface area contributed by atoms with Crippen molar-refractivity contribution in [3.8, 4) is 0 Å². The van der Waals surface area contributed by atoms with Crippen LogP contribution in [0.25, 0.3) is 0 Å². The summed E-state index contributed by atoms with van der Waals surface area (Å²) in [5.74, 6) is -0.255. The molecule has 2 rings (SSSR count). The maximum atomic E-state index is 13.6. The van der Waals surface area contributed by atoms with Crippen molar-refractivity contribution in [1.82, 2.24) is 5.48 Å². The van der Waals surface area contributed by atoms with Crippen LogP contribution in [0.1, 0.15) is 18.9 Å². The maximum Gasteiger partial charge on any atom is 0.128 e. The molecule has 15 heavy (non-hydrogen) atoms. The molecule has 3 nitrogen and oxygen atoms in total. The third-order valence-corrected chi connectivity index (χ3v) is 2.76. The first-order valence-corrected chi connectivity index (χ1v) is 4.94. The summed E-state index contributed by atoms with van der Waals surface area (Å²) in [6.07, 6.45) is 0.291. The van der Waals surface area contributed by atoms with Gasteiger partial charge in [-0.15, -0.1) is 0 Å². The monoisotopic (exact) mass is 211 g/mol. The Bertz CT molecular complexity index is 358. The fourth-order valence-electron chi connectivity index (χ4n) is 1.93. The van der Waals surface area contributed by atoms with E-state index < -0.39 is 5.54 Å². The first kappa shape index (κ1) is 10.5. The zero-order valence-electron chi connectivity index (χ0n) is 8.53. The Morgan fingerprint density at radius 1 is 1.60 bits per heavy atom. The van der Waals surface area contributed by atoms with E-state index in [1.54, 1.807) is 18.2 Å². The molecule has 0 aliphatic carbocycles. The third-order valence-electron chi connectivity index (χ3n) is 2.76. The van der Waals surface area contributed by atoms with Gasteiger partial charge in [-0.05, 0) is 13.0 Å². The minimum absolute atomic E-state index is 0.0585. The molecule has 4 heteroatoms. The topological polar surface area (TPSA) is 41.5 Å². The number of hydroxylamine groups is 1. The smallest absolute Gasteiger partial charge is 0.128 e. The first-order chi connectivity index (χ1) is 7.15. The molecule has 1 aromatic rings. The van der Waals surface area contributed by atoms with Gasteiger partial charge in [0.05, 0.1) is 12.1 Å². The highest BCUT2D eigenvalue weighted by Gasteiger charge is 2.38. The van der Waals surface area contributed by atoms with Crippen LogP contribution in [0.4, 0.5) is 4.39 Å². The summed E-state index contributed by atoms with van der Waals surface area (Å²) in [4.78, 5) is 5.16. The van der Waals surface area contributed by atoms with E-state index in [0.29, 0.717) is 12.0 Å². The van der Waals surface area contributed by atoms with Gasteiger partial charge in [0.2, 0.25) is 0 Å². The number of aliphatic hydroxyl groups excluding tert-OH is 1. The normalized spacial score (nSPS) is 30.7. The molecule has 2 atom stereocenters. The molecule has 0 aromatic heterocycles. The number of aliphatic hydroxyl groups is 1. The van der Waals surface area contributed by atoms with Gasteiger partial charge in [-0.2, -0.15) is 5.48 Å². The van der Waals surface area contributed by atoms with Crippen molar-refractivity contribution in [1.29, 1.82) is 0 Å². The minimum atomic E-state index is -0.557. The summed E-state index contributed by atoms with van der Waals surface area (Å²) in [7, 11) is 0. The van der Waals surface area contributed by atoms with Gasteiger partial charge in [0, 0.05) is 12.0 Å². The fourth-order valence-corrected chi connectivity index (χ4v) is 1.93. The summed E-state index contributed by atoms with van der Waals surface area (Å²) in [5.41, 5.74) is 2.80. The van der Waals surface area contributed by atoms with Crippen LogP contribution in [0.15, 0.2) is 24.3 Å². The van der Waals surface area contributed by atoms with Crippen LogP contribution < -0.4 is 5.48 Å². The lowest BCUT2D eigenvalue weighted by atomic mass is 9.88. The van der Waals surface area contributed by atoms with Gasteiger partial charge in [0.1, 0.15) is 11.9 Å². The van der Waals surface area contributed by atoms with Crippen LogP contribution in [0.3, 0.4) is 0 Å². The number of halogens is 1. The molecular weight excluding hydrogens is 197 g/mol. The van der Waals surface area contributed by atoms with Crippen molar-refractivity contribution in [3.05, 3.63) is 35.6 Å². The van der Waals surface area contributed by atoms with Crippen LogP contribution >= 0.6 is 0 Å². The van der Waals surface area contributed by atoms with Crippen LogP contribution in [-0.2, 0) is 10.4 Å². The molecule has 0 amide bonds. The summed E-state index contributed by atoms with van der Waals surface area (Å²) < 4.78 is 13.6. The second kappa shape index (κ2) is 3.89. The van der Waals surface area contributed by atoms with Gasteiger partial charge >= 0.3 is 0 Å². The number of nitrogens with one attached hydrogen (secondary N) is 1. The lowest BCUT2D eigenvalue weighted by molar-refractivity contribution is -0.0123. The first-order valence-electron chi connectivity index (χ1n) is 4.94. The van der Waals surface area contributed by atoms with E-state index in [9.17, 15) is 4.39 Å². The van der Waals surface area contributed by atoms with E-state index in [0.717, 1.165) is 0 Å². The predicted molar refractivity (Wildman–Crippen MR) is 53.5 cm³/mol.